The van der Waals surface area contributed by atoms with Crippen LogP contribution in [0.3, 0.4) is 0 Å². The van der Waals surface area contributed by atoms with Crippen molar-refractivity contribution in [2.45, 2.75) is 32.0 Å². The summed E-state index contributed by atoms with van der Waals surface area (Å²) in [6.45, 7) is 3.09. The number of aromatic nitrogens is 2. The standard InChI is InChI=1S/C21H22FN3O3/c1-13-5-7-23-19-16(21(27)24-17-6-8-28-12-18(17)26)11-25(20(13)19)10-14-3-2-4-15(22)9-14/h2-5,7,9,11,17-18,26H,6,8,10,12H2,1H3,(H,24,27)/t17-,18-/m0/s1. The first-order valence-electron chi connectivity index (χ1n) is 9.28. The number of aryl methyl sites for hydroxylation is 1. The topological polar surface area (TPSA) is 76.4 Å². The van der Waals surface area contributed by atoms with Crippen molar-refractivity contribution < 1.29 is 19.0 Å². The van der Waals surface area contributed by atoms with E-state index in [1.54, 1.807) is 18.5 Å². The number of hydrogen-bond donors (Lipinski definition) is 2. The van der Waals surface area contributed by atoms with Crippen LogP contribution in [0, 0.1) is 12.7 Å². The first-order valence-corrected chi connectivity index (χ1v) is 9.28. The maximum absolute atomic E-state index is 13.6. The van der Waals surface area contributed by atoms with Gasteiger partial charge in [-0.1, -0.05) is 12.1 Å². The fraction of sp³-hybridized carbons (Fsp3) is 0.333. The van der Waals surface area contributed by atoms with Crippen LogP contribution >= 0.6 is 0 Å². The van der Waals surface area contributed by atoms with Crippen LogP contribution in [0.5, 0.6) is 0 Å². The molecular weight excluding hydrogens is 361 g/mol. The van der Waals surface area contributed by atoms with Crippen molar-refractivity contribution in [3.8, 4) is 0 Å². The molecule has 7 heteroatoms. The number of rotatable bonds is 4. The van der Waals surface area contributed by atoms with Crippen LogP contribution in [0.25, 0.3) is 11.0 Å². The molecule has 2 aromatic heterocycles. The van der Waals surface area contributed by atoms with Gasteiger partial charge in [0.25, 0.3) is 5.91 Å². The lowest BCUT2D eigenvalue weighted by atomic mass is 10.1. The predicted octanol–water partition coefficient (Wildman–Crippen LogP) is 2.41. The van der Waals surface area contributed by atoms with Gasteiger partial charge in [0.05, 0.1) is 29.8 Å². The third kappa shape index (κ3) is 3.63. The van der Waals surface area contributed by atoms with Crippen molar-refractivity contribution in [3.63, 3.8) is 0 Å². The number of ether oxygens (including phenoxy) is 1. The molecule has 1 fully saturated rings. The Bertz CT molecular complexity index is 1020. The van der Waals surface area contributed by atoms with Gasteiger partial charge in [-0.05, 0) is 42.7 Å². The zero-order valence-electron chi connectivity index (χ0n) is 15.6. The number of nitrogens with zero attached hydrogens (tertiary/aromatic N) is 2. The third-order valence-electron chi connectivity index (χ3n) is 5.08. The summed E-state index contributed by atoms with van der Waals surface area (Å²) in [4.78, 5) is 17.3. The predicted molar refractivity (Wildman–Crippen MR) is 103 cm³/mol. The monoisotopic (exact) mass is 383 g/mol. The number of benzene rings is 1. The van der Waals surface area contributed by atoms with Gasteiger partial charge in [-0.25, -0.2) is 4.39 Å². The van der Waals surface area contributed by atoms with E-state index in [0.29, 0.717) is 30.7 Å². The summed E-state index contributed by atoms with van der Waals surface area (Å²) in [5, 5.41) is 13.0. The zero-order valence-corrected chi connectivity index (χ0v) is 15.6. The quantitative estimate of drug-likeness (QED) is 0.726. The Hall–Kier alpha value is -2.77. The minimum Gasteiger partial charge on any atom is -0.389 e. The molecule has 0 radical (unpaired) electrons. The summed E-state index contributed by atoms with van der Waals surface area (Å²) in [6.07, 6.45) is 3.25. The molecule has 28 heavy (non-hydrogen) atoms. The zero-order chi connectivity index (χ0) is 19.7. The van der Waals surface area contributed by atoms with E-state index in [1.807, 2.05) is 23.6 Å². The molecule has 0 aliphatic carbocycles. The van der Waals surface area contributed by atoms with Gasteiger partial charge < -0.3 is 19.7 Å². The molecule has 146 valence electrons. The van der Waals surface area contributed by atoms with Gasteiger partial charge in [-0.2, -0.15) is 0 Å². The number of nitrogens with one attached hydrogen (secondary N) is 1. The molecule has 1 aromatic carbocycles. The molecule has 0 spiro atoms. The number of pyridine rings is 1. The van der Waals surface area contributed by atoms with Crippen LogP contribution in [-0.2, 0) is 11.3 Å². The smallest absolute Gasteiger partial charge is 0.255 e. The highest BCUT2D eigenvalue weighted by Crippen LogP contribution is 2.24. The number of carbonyl (C=O) groups excluding carboxylic acids is 1. The Morgan fingerprint density at radius 3 is 3.07 bits per heavy atom. The first kappa shape index (κ1) is 18.6. The van der Waals surface area contributed by atoms with E-state index in [9.17, 15) is 14.3 Å². The molecule has 4 rings (SSSR count). The molecular formula is C21H22FN3O3. The minimum atomic E-state index is -0.729. The van der Waals surface area contributed by atoms with Crippen LogP contribution < -0.4 is 5.32 Å². The first-order chi connectivity index (χ1) is 13.5. The number of amides is 1. The summed E-state index contributed by atoms with van der Waals surface area (Å²) in [5.41, 5.74) is 3.65. The molecule has 2 N–H and O–H groups in total. The van der Waals surface area contributed by atoms with E-state index in [1.165, 1.54) is 12.1 Å². The van der Waals surface area contributed by atoms with Crippen LogP contribution in [0.2, 0.25) is 0 Å². The van der Waals surface area contributed by atoms with Crippen LogP contribution in [-0.4, -0.2) is 45.9 Å². The summed E-state index contributed by atoms with van der Waals surface area (Å²) in [7, 11) is 0. The van der Waals surface area contributed by atoms with Gasteiger partial charge in [0.2, 0.25) is 0 Å². The second-order valence-electron chi connectivity index (χ2n) is 7.14. The summed E-state index contributed by atoms with van der Waals surface area (Å²) in [6, 6.07) is 7.93. The van der Waals surface area contributed by atoms with E-state index >= 15 is 0 Å². The lowest BCUT2D eigenvalue weighted by Gasteiger charge is -2.28. The van der Waals surface area contributed by atoms with Crippen LogP contribution in [0.4, 0.5) is 4.39 Å². The number of fused-ring (bicyclic) bond motifs is 1. The Balaban J connectivity index is 1.69. The molecule has 3 heterocycles. The van der Waals surface area contributed by atoms with Crippen LogP contribution in [0.1, 0.15) is 27.9 Å². The fourth-order valence-electron chi connectivity index (χ4n) is 3.65. The van der Waals surface area contributed by atoms with Crippen molar-refractivity contribution in [2.75, 3.05) is 13.2 Å². The van der Waals surface area contributed by atoms with Gasteiger partial charge in [-0.15, -0.1) is 0 Å². The average Bonchev–Trinajstić information content (AvgIpc) is 3.03. The molecule has 0 saturated carbocycles. The summed E-state index contributed by atoms with van der Waals surface area (Å²) < 4.78 is 20.7. The molecule has 1 amide bonds. The third-order valence-corrected chi connectivity index (χ3v) is 5.08. The number of aliphatic hydroxyl groups is 1. The van der Waals surface area contributed by atoms with Gasteiger partial charge in [0.1, 0.15) is 11.3 Å². The molecule has 2 atom stereocenters. The van der Waals surface area contributed by atoms with Gasteiger partial charge in [-0.3, -0.25) is 9.78 Å². The van der Waals surface area contributed by atoms with Gasteiger partial charge in [0.15, 0.2) is 0 Å². The molecule has 1 aliphatic rings. The highest BCUT2D eigenvalue weighted by molar-refractivity contribution is 6.06. The van der Waals surface area contributed by atoms with Crippen LogP contribution in [0.15, 0.2) is 42.7 Å². The Morgan fingerprint density at radius 2 is 2.29 bits per heavy atom. The van der Waals surface area contributed by atoms with E-state index in [4.69, 9.17) is 4.74 Å². The van der Waals surface area contributed by atoms with Gasteiger partial charge >= 0.3 is 0 Å². The molecule has 3 aromatic rings. The lowest BCUT2D eigenvalue weighted by Crippen LogP contribution is -2.48. The van der Waals surface area contributed by atoms with E-state index in [0.717, 1.165) is 16.6 Å². The Morgan fingerprint density at radius 1 is 1.43 bits per heavy atom. The molecule has 1 saturated heterocycles. The normalized spacial score (nSPS) is 19.7. The number of halogens is 1. The van der Waals surface area contributed by atoms with E-state index in [2.05, 4.69) is 10.3 Å². The minimum absolute atomic E-state index is 0.212. The highest BCUT2D eigenvalue weighted by Gasteiger charge is 2.27. The van der Waals surface area contributed by atoms with Crippen molar-refractivity contribution in [3.05, 3.63) is 65.2 Å². The SMILES string of the molecule is Cc1ccnc2c(C(=O)N[C@H]3CCOC[C@@H]3O)cn(Cc3cccc(F)c3)c12. The van der Waals surface area contributed by atoms with Crippen molar-refractivity contribution in [1.29, 1.82) is 0 Å². The molecule has 0 bridgehead atoms. The molecule has 0 unspecified atom stereocenters. The molecule has 1 aliphatic heterocycles. The summed E-state index contributed by atoms with van der Waals surface area (Å²) in [5.74, 6) is -0.581. The summed E-state index contributed by atoms with van der Waals surface area (Å²) >= 11 is 0. The second-order valence-corrected chi connectivity index (χ2v) is 7.14. The second kappa shape index (κ2) is 7.69. The van der Waals surface area contributed by atoms with Gasteiger partial charge in [0, 0.05) is 25.5 Å². The molecule has 6 nitrogen and oxygen atoms in total. The Labute approximate surface area is 162 Å². The Kier molecular flexibility index (Phi) is 5.11. The number of aliphatic hydroxyl groups excluding tert-OH is 1. The number of carbonyl (C=O) groups is 1. The maximum Gasteiger partial charge on any atom is 0.255 e. The van der Waals surface area contributed by atoms with Crippen molar-refractivity contribution in [2.24, 2.45) is 0 Å². The van der Waals surface area contributed by atoms with Crippen molar-refractivity contribution >= 4 is 16.9 Å². The van der Waals surface area contributed by atoms with Crippen molar-refractivity contribution in [1.82, 2.24) is 14.9 Å². The average molecular weight is 383 g/mol. The van der Waals surface area contributed by atoms with E-state index in [-0.39, 0.29) is 24.4 Å². The maximum atomic E-state index is 13.6. The lowest BCUT2D eigenvalue weighted by molar-refractivity contribution is -0.0260. The highest BCUT2D eigenvalue weighted by atomic mass is 19.1. The fourth-order valence-corrected chi connectivity index (χ4v) is 3.65. The number of hydrogen-bond acceptors (Lipinski definition) is 4. The van der Waals surface area contributed by atoms with E-state index < -0.39 is 6.10 Å². The largest absolute Gasteiger partial charge is 0.389 e.